The summed E-state index contributed by atoms with van der Waals surface area (Å²) in [6.07, 6.45) is 2.21. The molecule has 0 spiro atoms. The minimum absolute atomic E-state index is 0.175. The Morgan fingerprint density at radius 3 is 2.31 bits per heavy atom. The molecule has 16 heavy (non-hydrogen) atoms. The van der Waals surface area contributed by atoms with E-state index in [0.29, 0.717) is 0 Å². The summed E-state index contributed by atoms with van der Waals surface area (Å²) in [5.41, 5.74) is 7.91. The second kappa shape index (κ2) is 3.86. The van der Waals surface area contributed by atoms with Gasteiger partial charge in [0.25, 0.3) is 0 Å². The van der Waals surface area contributed by atoms with Crippen LogP contribution in [0.2, 0.25) is 0 Å². The predicted octanol–water partition coefficient (Wildman–Crippen LogP) is 2.34. The highest BCUT2D eigenvalue weighted by atomic mass is 15.2. The van der Waals surface area contributed by atoms with Crippen LogP contribution in [0.15, 0.2) is 30.3 Å². The Morgan fingerprint density at radius 1 is 1.12 bits per heavy atom. The van der Waals surface area contributed by atoms with Crippen molar-refractivity contribution in [1.29, 1.82) is 0 Å². The zero-order chi connectivity index (χ0) is 11.8. The lowest BCUT2D eigenvalue weighted by atomic mass is 9.77. The third-order valence-electron chi connectivity index (χ3n) is 4.08. The first-order valence-electron chi connectivity index (χ1n) is 6.00. The molecule has 0 radical (unpaired) electrons. The van der Waals surface area contributed by atoms with Crippen LogP contribution in [0.4, 0.5) is 0 Å². The number of piperidine rings is 1. The molecule has 1 aliphatic heterocycles. The molecule has 88 valence electrons. The van der Waals surface area contributed by atoms with Gasteiger partial charge in [-0.05, 0) is 39.3 Å². The maximum atomic E-state index is 6.55. The van der Waals surface area contributed by atoms with Gasteiger partial charge in [0.15, 0.2) is 0 Å². The summed E-state index contributed by atoms with van der Waals surface area (Å²) in [5, 5.41) is 0. The average Bonchev–Trinajstić information content (AvgIpc) is 2.26. The molecule has 0 saturated carbocycles. The molecule has 1 aliphatic rings. The van der Waals surface area contributed by atoms with E-state index in [0.717, 1.165) is 19.4 Å². The largest absolute Gasteiger partial charge is 0.320 e. The summed E-state index contributed by atoms with van der Waals surface area (Å²) in [5.74, 6) is 0. The number of likely N-dealkylation sites (N-methyl/N-ethyl adjacent to an activating group) is 1. The molecule has 1 atom stereocenters. The highest BCUT2D eigenvalue weighted by Crippen LogP contribution is 2.35. The number of hydrogen-bond donors (Lipinski definition) is 1. The molecule has 1 aromatic carbocycles. The fourth-order valence-electron chi connectivity index (χ4n) is 2.44. The number of nitrogens with two attached hydrogens (primary N) is 1. The second-order valence-corrected chi connectivity index (χ2v) is 5.69. The fourth-order valence-corrected chi connectivity index (χ4v) is 2.44. The zero-order valence-electron chi connectivity index (χ0n) is 10.5. The normalized spacial score (nSPS) is 30.2. The Bertz CT molecular complexity index is 358. The highest BCUT2D eigenvalue weighted by Gasteiger charge is 2.39. The molecular formula is C14H22N2. The first-order valence-corrected chi connectivity index (χ1v) is 6.00. The Kier molecular flexibility index (Phi) is 2.81. The summed E-state index contributed by atoms with van der Waals surface area (Å²) in [4.78, 5) is 2.38. The smallest absolute Gasteiger partial charge is 0.0539 e. The van der Waals surface area contributed by atoms with E-state index in [1.54, 1.807) is 0 Å². The second-order valence-electron chi connectivity index (χ2n) is 5.69. The van der Waals surface area contributed by atoms with Gasteiger partial charge in [-0.1, -0.05) is 30.3 Å². The van der Waals surface area contributed by atoms with E-state index in [4.69, 9.17) is 5.73 Å². The summed E-state index contributed by atoms with van der Waals surface area (Å²) in [7, 11) is 2.17. The average molecular weight is 218 g/mol. The topological polar surface area (TPSA) is 29.3 Å². The van der Waals surface area contributed by atoms with Crippen LogP contribution < -0.4 is 5.73 Å². The predicted molar refractivity (Wildman–Crippen MR) is 68.3 cm³/mol. The van der Waals surface area contributed by atoms with Gasteiger partial charge >= 0.3 is 0 Å². The number of nitrogens with zero attached hydrogens (tertiary/aromatic N) is 1. The van der Waals surface area contributed by atoms with Gasteiger partial charge in [-0.15, -0.1) is 0 Å². The van der Waals surface area contributed by atoms with E-state index < -0.39 is 0 Å². The lowest BCUT2D eigenvalue weighted by molar-refractivity contribution is 0.0553. The standard InChI is InChI=1S/C14H22N2/c1-13(2)9-10-14(15,11-16(13)3)12-7-5-4-6-8-12/h4-8H,9-11,15H2,1-3H3. The molecular weight excluding hydrogens is 196 g/mol. The lowest BCUT2D eigenvalue weighted by Gasteiger charge is -2.48. The molecule has 1 saturated heterocycles. The fraction of sp³-hybridized carbons (Fsp3) is 0.571. The first kappa shape index (κ1) is 11.6. The van der Waals surface area contributed by atoms with Crippen molar-refractivity contribution in [3.05, 3.63) is 35.9 Å². The van der Waals surface area contributed by atoms with Gasteiger partial charge < -0.3 is 5.73 Å². The van der Waals surface area contributed by atoms with Crippen molar-refractivity contribution in [1.82, 2.24) is 4.90 Å². The van der Waals surface area contributed by atoms with Gasteiger partial charge in [0.1, 0.15) is 0 Å². The molecule has 1 unspecified atom stereocenters. The van der Waals surface area contributed by atoms with Crippen LogP contribution in [0.1, 0.15) is 32.3 Å². The van der Waals surface area contributed by atoms with E-state index in [1.807, 2.05) is 6.07 Å². The monoisotopic (exact) mass is 218 g/mol. The van der Waals surface area contributed by atoms with Crippen molar-refractivity contribution < 1.29 is 0 Å². The summed E-state index contributed by atoms with van der Waals surface area (Å²) in [6.45, 7) is 5.51. The van der Waals surface area contributed by atoms with Crippen LogP contribution in [0.3, 0.4) is 0 Å². The Hall–Kier alpha value is -0.860. The van der Waals surface area contributed by atoms with Crippen molar-refractivity contribution in [3.8, 4) is 0 Å². The Balaban J connectivity index is 2.23. The number of benzene rings is 1. The summed E-state index contributed by atoms with van der Waals surface area (Å²) < 4.78 is 0. The van der Waals surface area contributed by atoms with Crippen molar-refractivity contribution in [2.45, 2.75) is 37.8 Å². The van der Waals surface area contributed by atoms with Gasteiger partial charge in [0, 0.05) is 12.1 Å². The van der Waals surface area contributed by atoms with E-state index in [9.17, 15) is 0 Å². The minimum Gasteiger partial charge on any atom is -0.320 e. The SMILES string of the molecule is CN1CC(N)(c2ccccc2)CCC1(C)C. The molecule has 2 N–H and O–H groups in total. The summed E-state index contributed by atoms with van der Waals surface area (Å²) in [6, 6.07) is 10.5. The molecule has 1 heterocycles. The zero-order valence-corrected chi connectivity index (χ0v) is 10.5. The number of likely N-dealkylation sites (tertiary alicyclic amines) is 1. The van der Waals surface area contributed by atoms with E-state index in [-0.39, 0.29) is 11.1 Å². The number of rotatable bonds is 1. The van der Waals surface area contributed by atoms with Crippen LogP contribution in [-0.4, -0.2) is 24.0 Å². The molecule has 1 aromatic rings. The van der Waals surface area contributed by atoms with Crippen LogP contribution in [-0.2, 0) is 5.54 Å². The maximum absolute atomic E-state index is 6.55. The molecule has 0 aromatic heterocycles. The lowest BCUT2D eigenvalue weighted by Crippen LogP contribution is -2.58. The van der Waals surface area contributed by atoms with Crippen LogP contribution in [0.25, 0.3) is 0 Å². The van der Waals surface area contributed by atoms with E-state index in [1.165, 1.54) is 5.56 Å². The molecule has 0 amide bonds. The van der Waals surface area contributed by atoms with E-state index in [2.05, 4.69) is 50.1 Å². The van der Waals surface area contributed by atoms with Crippen molar-refractivity contribution >= 4 is 0 Å². The van der Waals surface area contributed by atoms with Crippen molar-refractivity contribution in [3.63, 3.8) is 0 Å². The molecule has 0 bridgehead atoms. The first-order chi connectivity index (χ1) is 7.44. The van der Waals surface area contributed by atoms with Crippen molar-refractivity contribution in [2.24, 2.45) is 5.73 Å². The Labute approximate surface area is 98.4 Å². The van der Waals surface area contributed by atoms with Crippen LogP contribution in [0, 0.1) is 0 Å². The quantitative estimate of drug-likeness (QED) is 0.784. The minimum atomic E-state index is -0.175. The van der Waals surface area contributed by atoms with Crippen LogP contribution in [0.5, 0.6) is 0 Å². The molecule has 1 fully saturated rings. The molecule has 0 aliphatic carbocycles. The highest BCUT2D eigenvalue weighted by molar-refractivity contribution is 5.25. The van der Waals surface area contributed by atoms with Gasteiger partial charge in [0.05, 0.1) is 5.54 Å². The number of hydrogen-bond acceptors (Lipinski definition) is 2. The molecule has 2 heteroatoms. The summed E-state index contributed by atoms with van der Waals surface area (Å²) >= 11 is 0. The van der Waals surface area contributed by atoms with Crippen molar-refractivity contribution in [2.75, 3.05) is 13.6 Å². The maximum Gasteiger partial charge on any atom is 0.0539 e. The van der Waals surface area contributed by atoms with Gasteiger partial charge in [-0.25, -0.2) is 0 Å². The third kappa shape index (κ3) is 2.00. The third-order valence-corrected chi connectivity index (χ3v) is 4.08. The Morgan fingerprint density at radius 2 is 1.75 bits per heavy atom. The van der Waals surface area contributed by atoms with Gasteiger partial charge in [-0.3, -0.25) is 4.90 Å². The van der Waals surface area contributed by atoms with Gasteiger partial charge in [-0.2, -0.15) is 0 Å². The van der Waals surface area contributed by atoms with E-state index >= 15 is 0 Å². The molecule has 2 nitrogen and oxygen atoms in total. The van der Waals surface area contributed by atoms with Gasteiger partial charge in [0.2, 0.25) is 0 Å². The van der Waals surface area contributed by atoms with Crippen LogP contribution >= 0.6 is 0 Å². The molecule has 2 rings (SSSR count).